The van der Waals surface area contributed by atoms with Crippen molar-refractivity contribution in [3.8, 4) is 0 Å². The van der Waals surface area contributed by atoms with E-state index in [-0.39, 0.29) is 11.9 Å². The van der Waals surface area contributed by atoms with Crippen molar-refractivity contribution in [1.82, 2.24) is 10.2 Å². The minimum Gasteiger partial charge on any atom is -0.465 e. The van der Waals surface area contributed by atoms with Gasteiger partial charge in [-0.05, 0) is 65.5 Å². The minimum atomic E-state index is 0.0746. The first-order valence-corrected chi connectivity index (χ1v) is 15.6. The summed E-state index contributed by atoms with van der Waals surface area (Å²) in [7, 11) is 0. The summed E-state index contributed by atoms with van der Waals surface area (Å²) in [6.07, 6.45) is 26.0. The van der Waals surface area contributed by atoms with Crippen LogP contribution in [-0.4, -0.2) is 37.1 Å². The van der Waals surface area contributed by atoms with Crippen LogP contribution in [0.2, 0.25) is 0 Å². The maximum absolute atomic E-state index is 12.7. The monoisotopic (exact) mass is 504 g/mol. The Bertz CT molecular complexity index is 599. The highest BCUT2D eigenvalue weighted by Crippen LogP contribution is 2.21. The van der Waals surface area contributed by atoms with Crippen LogP contribution in [0, 0.1) is 5.92 Å². The number of carbonyl (C=O) groups excluding carboxylic acids is 1. The van der Waals surface area contributed by atoms with E-state index in [1.807, 2.05) is 0 Å². The quantitative estimate of drug-likeness (QED) is 0.105. The number of hydrogen-bond acceptors (Lipinski definition) is 4. The van der Waals surface area contributed by atoms with E-state index < -0.39 is 0 Å². The number of hydrogen-bond donors (Lipinski definition) is 1. The number of unbranched alkanes of at least 4 members (excludes halogenated alkanes) is 11. The molecule has 36 heavy (non-hydrogen) atoms. The largest absolute Gasteiger partial charge is 0.465 e. The third kappa shape index (κ3) is 16.5. The highest BCUT2D eigenvalue weighted by atomic mass is 16.5. The Morgan fingerprint density at radius 3 is 2.14 bits per heavy atom. The molecule has 1 unspecified atom stereocenters. The van der Waals surface area contributed by atoms with E-state index in [0.29, 0.717) is 6.61 Å². The van der Waals surface area contributed by atoms with Gasteiger partial charge in [0.1, 0.15) is 0 Å². The number of nitrogens with one attached hydrogen (secondary N) is 1. The number of ether oxygens (including phenoxy) is 1. The molecule has 1 rings (SSSR count). The number of carbonyl (C=O) groups is 1. The normalized spacial score (nSPS) is 14.5. The Hall–Kier alpha value is -1.29. The zero-order valence-electron chi connectivity index (χ0n) is 24.6. The fraction of sp³-hybridized carbons (Fsp3) is 0.844. The molecule has 0 radical (unpaired) electrons. The molecule has 0 fully saturated rings. The van der Waals surface area contributed by atoms with Crippen LogP contribution in [0.25, 0.3) is 0 Å². The lowest BCUT2D eigenvalue weighted by Crippen LogP contribution is -2.24. The van der Waals surface area contributed by atoms with Gasteiger partial charge in [-0.15, -0.1) is 0 Å². The van der Waals surface area contributed by atoms with E-state index in [9.17, 15) is 4.79 Å². The third-order valence-electron chi connectivity index (χ3n) is 7.65. The molecule has 0 aromatic heterocycles. The standard InChI is InChI=1S/C32H60N2O2/c1-5-7-9-11-12-16-23-31(22-15-10-8-6-2)32(35)36-28-18-14-13-17-24-33-25-20-27-34-26-19-21-29(3)30(34)4/h19,26,31,33H,5-18,20-25,27-28H2,1-4H3. The summed E-state index contributed by atoms with van der Waals surface area (Å²) in [5.74, 6) is 0.200. The minimum absolute atomic E-state index is 0.0746. The summed E-state index contributed by atoms with van der Waals surface area (Å²) in [4.78, 5) is 15.1. The second kappa shape index (κ2) is 22.9. The van der Waals surface area contributed by atoms with Gasteiger partial charge >= 0.3 is 5.97 Å². The predicted octanol–water partition coefficient (Wildman–Crippen LogP) is 8.92. The maximum Gasteiger partial charge on any atom is 0.308 e. The smallest absolute Gasteiger partial charge is 0.308 e. The number of allylic oxidation sites excluding steroid dienone is 3. The Labute approximate surface area is 224 Å². The fourth-order valence-electron chi connectivity index (χ4n) is 4.97. The van der Waals surface area contributed by atoms with Gasteiger partial charge in [0.25, 0.3) is 0 Å². The molecule has 0 aliphatic carbocycles. The van der Waals surface area contributed by atoms with Crippen molar-refractivity contribution in [2.75, 3.05) is 26.2 Å². The van der Waals surface area contributed by atoms with Gasteiger partial charge in [0.2, 0.25) is 0 Å². The van der Waals surface area contributed by atoms with Crippen molar-refractivity contribution in [3.63, 3.8) is 0 Å². The first-order valence-electron chi connectivity index (χ1n) is 15.6. The van der Waals surface area contributed by atoms with Crippen LogP contribution in [0.15, 0.2) is 23.5 Å². The first kappa shape index (κ1) is 32.7. The number of esters is 1. The van der Waals surface area contributed by atoms with Crippen LogP contribution in [0.3, 0.4) is 0 Å². The van der Waals surface area contributed by atoms with Crippen LogP contribution in [0.4, 0.5) is 0 Å². The van der Waals surface area contributed by atoms with Crippen molar-refractivity contribution < 1.29 is 9.53 Å². The van der Waals surface area contributed by atoms with Crippen molar-refractivity contribution in [2.24, 2.45) is 5.92 Å². The molecule has 1 aliphatic rings. The summed E-state index contributed by atoms with van der Waals surface area (Å²) in [5.41, 5.74) is 2.90. The maximum atomic E-state index is 12.7. The third-order valence-corrected chi connectivity index (χ3v) is 7.65. The second-order valence-corrected chi connectivity index (χ2v) is 10.9. The Morgan fingerprint density at radius 2 is 1.42 bits per heavy atom. The molecule has 0 saturated heterocycles. The van der Waals surface area contributed by atoms with E-state index in [1.165, 1.54) is 94.7 Å². The molecule has 4 nitrogen and oxygen atoms in total. The number of nitrogens with zero attached hydrogens (tertiary/aromatic N) is 1. The van der Waals surface area contributed by atoms with Crippen molar-refractivity contribution in [1.29, 1.82) is 0 Å². The zero-order valence-corrected chi connectivity index (χ0v) is 24.6. The van der Waals surface area contributed by atoms with Gasteiger partial charge in [0, 0.05) is 18.4 Å². The van der Waals surface area contributed by atoms with Gasteiger partial charge in [0.15, 0.2) is 0 Å². The van der Waals surface area contributed by atoms with Crippen LogP contribution in [0.1, 0.15) is 143 Å². The van der Waals surface area contributed by atoms with Crippen LogP contribution < -0.4 is 5.32 Å². The molecule has 0 amide bonds. The Morgan fingerprint density at radius 1 is 0.833 bits per heavy atom. The second-order valence-electron chi connectivity index (χ2n) is 10.9. The molecule has 0 spiro atoms. The topological polar surface area (TPSA) is 41.6 Å². The summed E-state index contributed by atoms with van der Waals surface area (Å²) < 4.78 is 5.72. The van der Waals surface area contributed by atoms with Crippen LogP contribution in [0.5, 0.6) is 0 Å². The molecule has 1 aliphatic heterocycles. The van der Waals surface area contributed by atoms with Crippen LogP contribution in [-0.2, 0) is 9.53 Å². The zero-order chi connectivity index (χ0) is 26.3. The van der Waals surface area contributed by atoms with E-state index >= 15 is 0 Å². The summed E-state index contributed by atoms with van der Waals surface area (Å²) in [6, 6.07) is 0. The van der Waals surface area contributed by atoms with Crippen molar-refractivity contribution in [2.45, 2.75) is 143 Å². The highest BCUT2D eigenvalue weighted by Gasteiger charge is 2.19. The SMILES string of the molecule is CCCCCCCCC(CCCCCC)C(=O)OCCCCCCNCCCN1C=CCC(C)=C1C. The average Bonchev–Trinajstić information content (AvgIpc) is 2.88. The van der Waals surface area contributed by atoms with Crippen molar-refractivity contribution >= 4 is 5.97 Å². The Kier molecular flexibility index (Phi) is 20.8. The average molecular weight is 505 g/mol. The molecule has 4 heteroatoms. The Balaban J connectivity index is 2.06. The predicted molar refractivity (Wildman–Crippen MR) is 156 cm³/mol. The van der Waals surface area contributed by atoms with E-state index in [1.54, 1.807) is 0 Å². The summed E-state index contributed by atoms with van der Waals surface area (Å²) in [5, 5.41) is 3.59. The molecular weight excluding hydrogens is 444 g/mol. The van der Waals surface area contributed by atoms with Gasteiger partial charge in [-0.25, -0.2) is 0 Å². The lowest BCUT2D eigenvalue weighted by atomic mass is 9.94. The van der Waals surface area contributed by atoms with Gasteiger partial charge in [-0.1, -0.05) is 103 Å². The lowest BCUT2D eigenvalue weighted by molar-refractivity contribution is -0.149. The van der Waals surface area contributed by atoms with E-state index in [4.69, 9.17) is 4.74 Å². The van der Waals surface area contributed by atoms with Gasteiger partial charge in [-0.2, -0.15) is 0 Å². The molecule has 0 aromatic rings. The lowest BCUT2D eigenvalue weighted by Gasteiger charge is -2.26. The summed E-state index contributed by atoms with van der Waals surface area (Å²) in [6.45, 7) is 12.8. The van der Waals surface area contributed by atoms with Gasteiger partial charge in [-0.3, -0.25) is 4.79 Å². The van der Waals surface area contributed by atoms with Gasteiger partial charge in [0.05, 0.1) is 12.5 Å². The molecular formula is C32H60N2O2. The number of rotatable bonds is 24. The molecule has 1 atom stereocenters. The molecule has 210 valence electrons. The molecule has 1 N–H and O–H groups in total. The fourth-order valence-corrected chi connectivity index (χ4v) is 4.97. The molecule has 0 aromatic carbocycles. The highest BCUT2D eigenvalue weighted by molar-refractivity contribution is 5.72. The molecule has 0 saturated carbocycles. The first-order chi connectivity index (χ1) is 17.6. The van der Waals surface area contributed by atoms with Gasteiger partial charge < -0.3 is 15.0 Å². The van der Waals surface area contributed by atoms with E-state index in [0.717, 1.165) is 51.7 Å². The van der Waals surface area contributed by atoms with Crippen LogP contribution >= 0.6 is 0 Å². The molecule has 0 bridgehead atoms. The van der Waals surface area contributed by atoms with E-state index in [2.05, 4.69) is 50.2 Å². The summed E-state index contributed by atoms with van der Waals surface area (Å²) >= 11 is 0. The molecule has 1 heterocycles. The van der Waals surface area contributed by atoms with Crippen molar-refractivity contribution in [3.05, 3.63) is 23.5 Å².